The quantitative estimate of drug-likeness (QED) is 0.327. The summed E-state index contributed by atoms with van der Waals surface area (Å²) in [5.74, 6) is 0. The molecule has 212 valence electrons. The van der Waals surface area contributed by atoms with Crippen LogP contribution in [0.2, 0.25) is 0 Å². The van der Waals surface area contributed by atoms with Gasteiger partial charge in [-0.2, -0.15) is 31.3 Å². The van der Waals surface area contributed by atoms with Gasteiger partial charge in [-0.3, -0.25) is 4.90 Å². The molecular weight excluding hydrogens is 554 g/mol. The van der Waals surface area contributed by atoms with E-state index in [-0.39, 0.29) is 34.8 Å². The van der Waals surface area contributed by atoms with Gasteiger partial charge in [0.2, 0.25) is 0 Å². The Bertz CT molecular complexity index is 1340. The van der Waals surface area contributed by atoms with Crippen LogP contribution in [0.4, 0.5) is 37.2 Å². The number of hydrogen-bond donors (Lipinski definition) is 0. The number of alkyl halides is 6. The molecule has 5 heterocycles. The minimum absolute atomic E-state index is 0.0146. The third-order valence-corrected chi connectivity index (χ3v) is 7.05. The summed E-state index contributed by atoms with van der Waals surface area (Å²) in [4.78, 5) is 24.5. The molecule has 2 aromatic heterocycles. The number of halogens is 6. The number of carbonyl (C=O) groups excluding carboxylic acids is 1. The number of amides is 1. The minimum Gasteiger partial charge on any atom is -0.444 e. The maximum absolute atomic E-state index is 13.8. The van der Waals surface area contributed by atoms with Crippen LogP contribution in [-0.4, -0.2) is 70.7 Å². The van der Waals surface area contributed by atoms with Gasteiger partial charge in [0.25, 0.3) is 6.01 Å². The van der Waals surface area contributed by atoms with Crippen LogP contribution in [0.3, 0.4) is 0 Å². The fourth-order valence-corrected chi connectivity index (χ4v) is 5.43. The third-order valence-electron chi connectivity index (χ3n) is 6.25. The Morgan fingerprint density at radius 3 is 2.41 bits per heavy atom. The van der Waals surface area contributed by atoms with Gasteiger partial charge in [0.1, 0.15) is 22.7 Å². The number of fused-ring (bicyclic) bond motifs is 3. The molecule has 15 heteroatoms. The van der Waals surface area contributed by atoms with E-state index in [4.69, 9.17) is 9.15 Å². The van der Waals surface area contributed by atoms with Gasteiger partial charge >= 0.3 is 18.4 Å². The van der Waals surface area contributed by atoms with Crippen molar-refractivity contribution < 1.29 is 45.0 Å². The fraction of sp³-hybridized carbons (Fsp3) is 0.542. The molecule has 3 fully saturated rings. The molecule has 1 aromatic carbocycles. The smallest absolute Gasteiger partial charge is 0.418 e. The number of ether oxygens (including phenoxy) is 2. The van der Waals surface area contributed by atoms with Crippen molar-refractivity contribution in [3.63, 3.8) is 0 Å². The van der Waals surface area contributed by atoms with Crippen molar-refractivity contribution >= 4 is 34.5 Å². The lowest BCUT2D eigenvalue weighted by Gasteiger charge is -2.55. The molecule has 0 N–H and O–H groups in total. The Hall–Kier alpha value is -3.07. The van der Waals surface area contributed by atoms with E-state index in [0.717, 1.165) is 29.9 Å². The summed E-state index contributed by atoms with van der Waals surface area (Å²) in [7, 11) is 0. The lowest BCUT2D eigenvalue weighted by molar-refractivity contribution is -0.258. The monoisotopic (exact) mass is 578 g/mol. The lowest BCUT2D eigenvalue weighted by Crippen LogP contribution is -2.70. The molecule has 0 spiro atoms. The zero-order chi connectivity index (χ0) is 28.3. The van der Waals surface area contributed by atoms with E-state index >= 15 is 0 Å². The summed E-state index contributed by atoms with van der Waals surface area (Å²) < 4.78 is 95.3. The van der Waals surface area contributed by atoms with Gasteiger partial charge < -0.3 is 18.8 Å². The first-order valence-electron chi connectivity index (χ1n) is 11.9. The van der Waals surface area contributed by atoms with Gasteiger partial charge in [-0.05, 0) is 44.9 Å². The maximum Gasteiger partial charge on any atom is 0.418 e. The number of oxazole rings is 1. The Morgan fingerprint density at radius 2 is 1.85 bits per heavy atom. The van der Waals surface area contributed by atoms with E-state index in [1.807, 2.05) is 0 Å². The topological polar surface area (TPSA) is 80.9 Å². The van der Waals surface area contributed by atoms with Gasteiger partial charge in [0.15, 0.2) is 11.7 Å². The molecule has 2 bridgehead atoms. The van der Waals surface area contributed by atoms with Gasteiger partial charge in [-0.1, -0.05) is 0 Å². The number of carbonyl (C=O) groups is 1. The van der Waals surface area contributed by atoms with Crippen LogP contribution in [0.25, 0.3) is 21.7 Å². The number of piperazine rings is 1. The van der Waals surface area contributed by atoms with E-state index in [9.17, 15) is 31.1 Å². The molecule has 3 aliphatic rings. The number of hydrogen-bond acceptors (Lipinski definition) is 8. The van der Waals surface area contributed by atoms with E-state index in [1.165, 1.54) is 6.20 Å². The molecule has 0 saturated carbocycles. The second-order valence-electron chi connectivity index (χ2n) is 10.4. The molecule has 6 rings (SSSR count). The van der Waals surface area contributed by atoms with Gasteiger partial charge in [0, 0.05) is 24.7 Å². The number of nitrogens with zero attached hydrogens (tertiary/aromatic N) is 4. The molecule has 0 aliphatic carbocycles. The fourth-order valence-electron chi connectivity index (χ4n) is 4.78. The highest BCUT2D eigenvalue weighted by atomic mass is 32.1. The summed E-state index contributed by atoms with van der Waals surface area (Å²) >= 11 is 1.12. The van der Waals surface area contributed by atoms with Crippen molar-refractivity contribution in [2.24, 2.45) is 0 Å². The summed E-state index contributed by atoms with van der Waals surface area (Å²) in [5.41, 5.74) is -0.895. The molecule has 0 radical (unpaired) electrons. The number of rotatable bonds is 5. The summed E-state index contributed by atoms with van der Waals surface area (Å²) in [5, 5.41) is 1.91. The first-order chi connectivity index (χ1) is 18.1. The number of aromatic nitrogens is 2. The molecule has 3 unspecified atom stereocenters. The van der Waals surface area contributed by atoms with Crippen molar-refractivity contribution in [3.8, 4) is 10.6 Å². The zero-order valence-corrected chi connectivity index (χ0v) is 21.8. The molecule has 8 nitrogen and oxygen atoms in total. The summed E-state index contributed by atoms with van der Waals surface area (Å²) in [6, 6.07) is 1.90. The normalized spacial score (nSPS) is 20.7. The minimum atomic E-state index is -5.12. The Morgan fingerprint density at radius 1 is 1.15 bits per heavy atom. The zero-order valence-electron chi connectivity index (χ0n) is 21.0. The van der Waals surface area contributed by atoms with Crippen LogP contribution in [0.5, 0.6) is 0 Å². The highest BCUT2D eigenvalue weighted by Crippen LogP contribution is 2.43. The van der Waals surface area contributed by atoms with E-state index in [0.29, 0.717) is 18.1 Å². The molecule has 3 aliphatic heterocycles. The standard InChI is InChI=1S/C24H24F6N4O4S/c1-22(2,3)38-21(35)34-13-8-14(34)10-33(9-13)20-32-16-7-12(18(24(28,29)30)36-11-23(25,26)27)6-15(17(16)37-20)19-31-4-5-39-19/h4-7,13-14,18H,8-11H2,1-3H3. The number of benzene rings is 1. The molecular formula is C24H24F6N4O4S. The predicted octanol–water partition coefficient (Wildman–Crippen LogP) is 6.33. The van der Waals surface area contributed by atoms with Crippen LogP contribution in [0.1, 0.15) is 38.9 Å². The van der Waals surface area contributed by atoms with Crippen molar-refractivity contribution in [3.05, 3.63) is 29.3 Å². The van der Waals surface area contributed by atoms with Crippen LogP contribution in [0, 0.1) is 0 Å². The molecule has 3 saturated heterocycles. The number of piperidine rings is 1. The van der Waals surface area contributed by atoms with Crippen LogP contribution < -0.4 is 4.90 Å². The van der Waals surface area contributed by atoms with Crippen molar-refractivity contribution in [1.82, 2.24) is 14.9 Å². The first kappa shape index (κ1) is 27.5. The van der Waals surface area contributed by atoms with Crippen molar-refractivity contribution in [2.75, 3.05) is 24.6 Å². The van der Waals surface area contributed by atoms with Crippen molar-refractivity contribution in [2.45, 2.75) is 63.3 Å². The van der Waals surface area contributed by atoms with Gasteiger partial charge in [0.05, 0.1) is 17.6 Å². The molecule has 3 atom stereocenters. The van der Waals surface area contributed by atoms with Crippen LogP contribution in [0.15, 0.2) is 28.1 Å². The molecule has 1 amide bonds. The Kier molecular flexibility index (Phi) is 6.72. The SMILES string of the molecule is CC(C)(C)OC(=O)N1C2CC1CN(c1nc3cc(C(OCC(F)(F)F)C(F)(F)F)cc(-c4nccs4)c3o1)C2. The first-order valence-corrected chi connectivity index (χ1v) is 12.8. The van der Waals surface area contributed by atoms with E-state index in [2.05, 4.69) is 14.7 Å². The van der Waals surface area contributed by atoms with E-state index in [1.54, 1.807) is 36.0 Å². The maximum atomic E-state index is 13.8. The van der Waals surface area contributed by atoms with Crippen LogP contribution >= 0.6 is 11.3 Å². The Labute approximate surface area is 222 Å². The Balaban J connectivity index is 1.47. The lowest BCUT2D eigenvalue weighted by atomic mass is 9.88. The summed E-state index contributed by atoms with van der Waals surface area (Å²) in [6.45, 7) is 3.98. The molecule has 3 aromatic rings. The van der Waals surface area contributed by atoms with E-state index < -0.39 is 42.3 Å². The van der Waals surface area contributed by atoms with Crippen molar-refractivity contribution in [1.29, 1.82) is 0 Å². The predicted molar refractivity (Wildman–Crippen MR) is 128 cm³/mol. The van der Waals surface area contributed by atoms with Gasteiger partial charge in [-0.25, -0.2) is 9.78 Å². The highest BCUT2D eigenvalue weighted by Gasteiger charge is 2.50. The molecule has 39 heavy (non-hydrogen) atoms. The number of anilines is 1. The highest BCUT2D eigenvalue weighted by molar-refractivity contribution is 7.13. The average Bonchev–Trinajstić information content (AvgIpc) is 3.46. The second kappa shape index (κ2) is 9.54. The van der Waals surface area contributed by atoms with Gasteiger partial charge in [-0.15, -0.1) is 11.3 Å². The number of thiazole rings is 1. The second-order valence-corrected chi connectivity index (χ2v) is 11.3. The average molecular weight is 579 g/mol. The third kappa shape index (κ3) is 5.78. The summed E-state index contributed by atoms with van der Waals surface area (Å²) in [6.07, 6.45) is -11.1. The largest absolute Gasteiger partial charge is 0.444 e. The van der Waals surface area contributed by atoms with Crippen LogP contribution in [-0.2, 0) is 9.47 Å².